The number of pyridine rings is 1. The highest BCUT2D eigenvalue weighted by Crippen LogP contribution is 2.18. The van der Waals surface area contributed by atoms with Crippen LogP contribution in [0.15, 0.2) is 23.4 Å². The lowest BCUT2D eigenvalue weighted by Crippen LogP contribution is -2.38. The Morgan fingerprint density at radius 1 is 1.35 bits per heavy atom. The summed E-state index contributed by atoms with van der Waals surface area (Å²) >= 11 is 7.41. The first kappa shape index (κ1) is 13.1. The van der Waals surface area contributed by atoms with Crippen molar-refractivity contribution in [3.05, 3.63) is 23.9 Å². The summed E-state index contributed by atoms with van der Waals surface area (Å²) in [6, 6.07) is 3.22. The van der Waals surface area contributed by atoms with E-state index in [-0.39, 0.29) is 5.03 Å². The predicted molar refractivity (Wildman–Crippen MR) is 69.9 cm³/mol. The number of sulfonamides is 1. The van der Waals surface area contributed by atoms with Crippen LogP contribution in [-0.4, -0.2) is 42.3 Å². The van der Waals surface area contributed by atoms with Gasteiger partial charge in [-0.2, -0.15) is 16.1 Å². The Balaban J connectivity index is 2.23. The minimum Gasteiger partial charge on any atom is -0.243 e. The lowest BCUT2D eigenvalue weighted by atomic mass is 10.3. The molecule has 4 nitrogen and oxygen atoms in total. The molecule has 94 valence electrons. The topological polar surface area (TPSA) is 50.3 Å². The molecule has 0 unspecified atom stereocenters. The minimum atomic E-state index is -3.42. The smallest absolute Gasteiger partial charge is 0.243 e. The molecule has 17 heavy (non-hydrogen) atoms. The van der Waals surface area contributed by atoms with Gasteiger partial charge in [-0.25, -0.2) is 13.4 Å². The van der Waals surface area contributed by atoms with Crippen molar-refractivity contribution in [2.75, 3.05) is 24.6 Å². The van der Waals surface area contributed by atoms with Gasteiger partial charge in [0.1, 0.15) is 0 Å². The van der Waals surface area contributed by atoms with Crippen LogP contribution >= 0.6 is 23.4 Å². The van der Waals surface area contributed by atoms with E-state index in [0.29, 0.717) is 19.0 Å². The maximum absolute atomic E-state index is 12.2. The van der Waals surface area contributed by atoms with Crippen molar-refractivity contribution in [3.63, 3.8) is 0 Å². The molecular weight excluding hydrogens is 280 g/mol. The molecule has 0 atom stereocenters. The first-order valence-corrected chi connectivity index (χ1v) is 8.36. The van der Waals surface area contributed by atoms with Crippen LogP contribution in [-0.2, 0) is 15.9 Å². The highest BCUT2D eigenvalue weighted by Gasteiger charge is 2.26. The number of aromatic nitrogens is 1. The van der Waals surface area contributed by atoms with E-state index in [0.717, 1.165) is 17.1 Å². The third-order valence-electron chi connectivity index (χ3n) is 2.53. The lowest BCUT2D eigenvalue weighted by molar-refractivity contribution is 0.441. The zero-order valence-corrected chi connectivity index (χ0v) is 11.6. The van der Waals surface area contributed by atoms with E-state index in [1.807, 2.05) is 0 Å². The van der Waals surface area contributed by atoms with Gasteiger partial charge in [0.25, 0.3) is 10.0 Å². The zero-order valence-electron chi connectivity index (χ0n) is 9.17. The largest absolute Gasteiger partial charge is 0.260 e. The lowest BCUT2D eigenvalue weighted by Gasteiger charge is -2.25. The molecule has 7 heteroatoms. The quantitative estimate of drug-likeness (QED) is 0.793. The fraction of sp³-hybridized carbons (Fsp3) is 0.500. The van der Waals surface area contributed by atoms with Crippen LogP contribution in [0.3, 0.4) is 0 Å². The van der Waals surface area contributed by atoms with Crippen molar-refractivity contribution in [1.29, 1.82) is 0 Å². The second-order valence-corrected chi connectivity index (χ2v) is 7.03. The molecule has 2 heterocycles. The van der Waals surface area contributed by atoms with E-state index in [1.165, 1.54) is 16.6 Å². The van der Waals surface area contributed by atoms with Crippen LogP contribution in [0.5, 0.6) is 0 Å². The fourth-order valence-electron chi connectivity index (χ4n) is 1.56. The van der Waals surface area contributed by atoms with E-state index < -0.39 is 10.0 Å². The molecule has 1 aliphatic heterocycles. The molecule has 1 fully saturated rings. The number of hydrogen-bond acceptors (Lipinski definition) is 4. The van der Waals surface area contributed by atoms with Crippen molar-refractivity contribution in [1.82, 2.24) is 9.29 Å². The van der Waals surface area contributed by atoms with Crippen LogP contribution in [0, 0.1) is 0 Å². The summed E-state index contributed by atoms with van der Waals surface area (Å²) in [7, 11) is -3.42. The molecule has 1 saturated heterocycles. The Morgan fingerprint density at radius 3 is 2.59 bits per heavy atom. The van der Waals surface area contributed by atoms with E-state index in [4.69, 9.17) is 11.6 Å². The maximum Gasteiger partial charge on any atom is 0.260 e. The molecule has 0 aromatic carbocycles. The van der Waals surface area contributed by atoms with Gasteiger partial charge >= 0.3 is 0 Å². The molecule has 0 radical (unpaired) electrons. The Hall–Kier alpha value is -0.300. The van der Waals surface area contributed by atoms with Crippen LogP contribution in [0.4, 0.5) is 0 Å². The van der Waals surface area contributed by atoms with Crippen LogP contribution in [0.1, 0.15) is 5.56 Å². The van der Waals surface area contributed by atoms with Gasteiger partial charge in [0.15, 0.2) is 5.03 Å². The predicted octanol–water partition coefficient (Wildman–Crippen LogP) is 1.56. The molecule has 2 rings (SSSR count). The maximum atomic E-state index is 12.2. The van der Waals surface area contributed by atoms with Gasteiger partial charge in [-0.3, -0.25) is 0 Å². The number of alkyl halides is 1. The van der Waals surface area contributed by atoms with E-state index in [2.05, 4.69) is 4.98 Å². The molecule has 1 aliphatic rings. The molecule has 1 aromatic heterocycles. The Kier molecular flexibility index (Phi) is 4.30. The van der Waals surface area contributed by atoms with E-state index in [1.54, 1.807) is 17.8 Å². The first-order chi connectivity index (χ1) is 8.14. The van der Waals surface area contributed by atoms with Crippen molar-refractivity contribution >= 4 is 33.4 Å². The SMILES string of the molecule is O=S(=O)(c1ccc(CCl)cn1)N1CCSCC1. The molecule has 0 amide bonds. The number of nitrogens with zero attached hydrogens (tertiary/aromatic N) is 2. The summed E-state index contributed by atoms with van der Waals surface area (Å²) in [5.41, 5.74) is 0.819. The molecule has 0 bridgehead atoms. The van der Waals surface area contributed by atoms with Crippen molar-refractivity contribution in [2.45, 2.75) is 10.9 Å². The van der Waals surface area contributed by atoms with Crippen LogP contribution in [0.25, 0.3) is 0 Å². The molecule has 0 spiro atoms. The van der Waals surface area contributed by atoms with Gasteiger partial charge in [-0.15, -0.1) is 11.6 Å². The van der Waals surface area contributed by atoms with Crippen LogP contribution < -0.4 is 0 Å². The number of hydrogen-bond donors (Lipinski definition) is 0. The summed E-state index contributed by atoms with van der Waals surface area (Å²) < 4.78 is 25.9. The van der Waals surface area contributed by atoms with Gasteiger partial charge in [-0.1, -0.05) is 6.07 Å². The van der Waals surface area contributed by atoms with Gasteiger partial charge < -0.3 is 0 Å². The average molecular weight is 293 g/mol. The fourth-order valence-corrected chi connectivity index (χ4v) is 4.21. The monoisotopic (exact) mass is 292 g/mol. The highest BCUT2D eigenvalue weighted by atomic mass is 35.5. The molecule has 0 aliphatic carbocycles. The van der Waals surface area contributed by atoms with Crippen molar-refractivity contribution < 1.29 is 8.42 Å². The number of rotatable bonds is 3. The second kappa shape index (κ2) is 5.56. The first-order valence-electron chi connectivity index (χ1n) is 5.23. The third-order valence-corrected chi connectivity index (χ3v) is 5.59. The highest BCUT2D eigenvalue weighted by molar-refractivity contribution is 7.99. The van der Waals surface area contributed by atoms with E-state index >= 15 is 0 Å². The van der Waals surface area contributed by atoms with Gasteiger partial charge in [0.2, 0.25) is 0 Å². The Morgan fingerprint density at radius 2 is 2.06 bits per heavy atom. The summed E-state index contributed by atoms with van der Waals surface area (Å²) in [4.78, 5) is 3.98. The Bertz CT molecular complexity index is 470. The summed E-state index contributed by atoms with van der Waals surface area (Å²) in [5.74, 6) is 2.03. The third kappa shape index (κ3) is 2.93. The number of thioether (sulfide) groups is 1. The van der Waals surface area contributed by atoms with Crippen molar-refractivity contribution in [3.8, 4) is 0 Å². The minimum absolute atomic E-state index is 0.110. The zero-order chi connectivity index (χ0) is 12.3. The molecule has 1 aromatic rings. The second-order valence-electron chi connectivity index (χ2n) is 3.65. The summed E-state index contributed by atoms with van der Waals surface area (Å²) in [6.07, 6.45) is 1.51. The average Bonchev–Trinajstić information content (AvgIpc) is 2.40. The summed E-state index contributed by atoms with van der Waals surface area (Å²) in [5, 5.41) is 0.110. The molecule has 0 N–H and O–H groups in total. The number of halogens is 1. The van der Waals surface area contributed by atoms with E-state index in [9.17, 15) is 8.42 Å². The standard InChI is InChI=1S/C10H13ClN2O2S2/c11-7-9-1-2-10(12-8-9)17(14,15)13-3-5-16-6-4-13/h1-2,8H,3-7H2. The van der Waals surface area contributed by atoms with Crippen LogP contribution in [0.2, 0.25) is 0 Å². The van der Waals surface area contributed by atoms with Gasteiger partial charge in [-0.05, 0) is 11.6 Å². The molecular formula is C10H13ClN2O2S2. The molecule has 0 saturated carbocycles. The van der Waals surface area contributed by atoms with Crippen molar-refractivity contribution in [2.24, 2.45) is 0 Å². The summed E-state index contributed by atoms with van der Waals surface area (Å²) in [6.45, 7) is 1.12. The normalized spacial score (nSPS) is 18.2. The Labute approximate surface area is 110 Å². The van der Waals surface area contributed by atoms with Gasteiger partial charge in [0.05, 0.1) is 0 Å². The van der Waals surface area contributed by atoms with Gasteiger partial charge in [0, 0.05) is 36.7 Å².